The molecule has 34 heavy (non-hydrogen) atoms. The van der Waals surface area contributed by atoms with Gasteiger partial charge in [-0.2, -0.15) is 8.78 Å². The van der Waals surface area contributed by atoms with Crippen LogP contribution < -0.4 is 4.90 Å². The minimum atomic E-state index is -3.46. The van der Waals surface area contributed by atoms with Gasteiger partial charge in [-0.3, -0.25) is 9.78 Å². The molecule has 0 bridgehead atoms. The Kier molecular flexibility index (Phi) is 5.20. The van der Waals surface area contributed by atoms with Crippen LogP contribution in [0.1, 0.15) is 28.2 Å². The van der Waals surface area contributed by atoms with E-state index in [1.54, 1.807) is 41.3 Å². The topological polar surface area (TPSA) is 106 Å². The molecule has 0 fully saturated rings. The van der Waals surface area contributed by atoms with Gasteiger partial charge in [-0.1, -0.05) is 24.3 Å². The lowest BCUT2D eigenvalue weighted by molar-refractivity contribution is 0.0996. The van der Waals surface area contributed by atoms with E-state index in [-0.39, 0.29) is 23.2 Å². The molecule has 0 saturated carbocycles. The predicted octanol–water partition coefficient (Wildman–Crippen LogP) is 4.30. The molecule has 0 atom stereocenters. The van der Waals surface area contributed by atoms with Crippen molar-refractivity contribution < 1.29 is 26.4 Å². The maximum atomic E-state index is 13.3. The summed E-state index contributed by atoms with van der Waals surface area (Å²) >= 11 is 0. The first-order valence-corrected chi connectivity index (χ1v) is 11.9. The minimum Gasteiger partial charge on any atom is -0.415 e. The largest absolute Gasteiger partial charge is 0.415 e. The highest BCUT2D eigenvalue weighted by Gasteiger charge is 2.31. The zero-order valence-electron chi connectivity index (χ0n) is 17.6. The van der Waals surface area contributed by atoms with Crippen molar-refractivity contribution in [3.63, 3.8) is 0 Å². The van der Waals surface area contributed by atoms with Crippen molar-refractivity contribution >= 4 is 21.4 Å². The summed E-state index contributed by atoms with van der Waals surface area (Å²) in [5, 5.41) is 6.97. The van der Waals surface area contributed by atoms with Gasteiger partial charge in [0.25, 0.3) is 11.8 Å². The van der Waals surface area contributed by atoms with Crippen LogP contribution in [0.25, 0.3) is 22.6 Å². The third-order valence-electron chi connectivity index (χ3n) is 5.44. The fourth-order valence-corrected chi connectivity index (χ4v) is 4.38. The first-order valence-electron chi connectivity index (χ1n) is 10.0. The number of nitrogens with zero attached hydrogens (tertiary/aromatic N) is 4. The van der Waals surface area contributed by atoms with Crippen LogP contribution >= 0.6 is 0 Å². The number of para-hydroxylation sites is 1. The second kappa shape index (κ2) is 8.10. The first-order chi connectivity index (χ1) is 16.2. The lowest BCUT2D eigenvalue weighted by atomic mass is 10.0. The third kappa shape index (κ3) is 3.83. The van der Waals surface area contributed by atoms with Gasteiger partial charge in [-0.25, -0.2) is 8.42 Å². The van der Waals surface area contributed by atoms with Crippen LogP contribution in [0, 0.1) is 0 Å². The van der Waals surface area contributed by atoms with Crippen LogP contribution in [0.2, 0.25) is 0 Å². The minimum absolute atomic E-state index is 0.0724. The molecule has 2 aromatic heterocycles. The van der Waals surface area contributed by atoms with Gasteiger partial charge in [0.1, 0.15) is 0 Å². The molecule has 0 aliphatic carbocycles. The lowest BCUT2D eigenvalue weighted by Crippen LogP contribution is -2.23. The monoisotopic (exact) mass is 482 g/mol. The van der Waals surface area contributed by atoms with E-state index in [1.807, 2.05) is 0 Å². The molecule has 2 aromatic carbocycles. The Morgan fingerprint density at radius 2 is 1.79 bits per heavy atom. The van der Waals surface area contributed by atoms with E-state index < -0.39 is 22.2 Å². The number of fused-ring (bicyclic) bond motifs is 1. The molecule has 1 amide bonds. The highest BCUT2D eigenvalue weighted by Crippen LogP contribution is 2.37. The van der Waals surface area contributed by atoms with E-state index >= 15 is 0 Å². The second-order valence-electron chi connectivity index (χ2n) is 7.71. The summed E-state index contributed by atoms with van der Waals surface area (Å²) in [4.78, 5) is 19.0. The fraction of sp³-hybridized carbons (Fsp3) is 0.130. The van der Waals surface area contributed by atoms with Crippen molar-refractivity contribution in [2.24, 2.45) is 0 Å². The molecule has 0 N–H and O–H groups in total. The first kappa shape index (κ1) is 21.8. The van der Waals surface area contributed by atoms with E-state index in [1.165, 1.54) is 24.5 Å². The molecule has 4 aromatic rings. The molecule has 0 spiro atoms. The SMILES string of the molecule is CS(=O)(=O)c1cncc(-c2ccccc2N2Cc3ccc(-c4nnc(C(F)F)o4)cc3C2=O)c1. The normalized spacial score (nSPS) is 13.5. The molecule has 1 aliphatic heterocycles. The predicted molar refractivity (Wildman–Crippen MR) is 118 cm³/mol. The summed E-state index contributed by atoms with van der Waals surface area (Å²) < 4.78 is 54.5. The van der Waals surface area contributed by atoms with Gasteiger partial charge >= 0.3 is 6.43 Å². The van der Waals surface area contributed by atoms with Crippen molar-refractivity contribution in [3.05, 3.63) is 77.9 Å². The molecular formula is C23H16F2N4O4S. The molecule has 8 nitrogen and oxygen atoms in total. The number of carbonyl (C=O) groups is 1. The van der Waals surface area contributed by atoms with E-state index in [9.17, 15) is 22.0 Å². The molecule has 5 rings (SSSR count). The standard InChI is InChI=1S/C23H16F2N4O4S/c1-34(31,32)16-8-15(10-26-11-16)17-4-2-3-5-19(17)29-12-14-7-6-13(9-18(14)23(29)30)21-27-28-22(33-21)20(24)25/h2-11,20H,12H2,1H3. The summed E-state index contributed by atoms with van der Waals surface area (Å²) in [6.07, 6.45) is 1.03. The number of hydrogen-bond acceptors (Lipinski definition) is 7. The molecular weight excluding hydrogens is 466 g/mol. The lowest BCUT2D eigenvalue weighted by Gasteiger charge is -2.20. The maximum Gasteiger partial charge on any atom is 0.314 e. The molecule has 11 heteroatoms. The molecule has 0 unspecified atom stereocenters. The van der Waals surface area contributed by atoms with E-state index in [4.69, 9.17) is 4.42 Å². The van der Waals surface area contributed by atoms with E-state index in [0.29, 0.717) is 27.9 Å². The summed E-state index contributed by atoms with van der Waals surface area (Å²) in [5.41, 5.74) is 3.24. The molecule has 1 aliphatic rings. The zero-order valence-corrected chi connectivity index (χ0v) is 18.5. The number of amides is 1. The number of anilines is 1. The average molecular weight is 482 g/mol. The molecule has 3 heterocycles. The van der Waals surface area contributed by atoms with Crippen LogP contribution in [-0.4, -0.2) is 35.8 Å². The fourth-order valence-electron chi connectivity index (χ4n) is 3.79. The summed E-state index contributed by atoms with van der Waals surface area (Å²) in [6, 6.07) is 13.5. The number of sulfone groups is 1. The van der Waals surface area contributed by atoms with Gasteiger partial charge in [-0.15, -0.1) is 10.2 Å². The van der Waals surface area contributed by atoms with Gasteiger partial charge < -0.3 is 9.32 Å². The van der Waals surface area contributed by atoms with Crippen LogP contribution in [-0.2, 0) is 16.4 Å². The Labute approximate surface area is 192 Å². The Bertz CT molecular complexity index is 1540. The summed E-state index contributed by atoms with van der Waals surface area (Å²) in [6.45, 7) is 0.275. The van der Waals surface area contributed by atoms with Crippen molar-refractivity contribution in [2.45, 2.75) is 17.9 Å². The van der Waals surface area contributed by atoms with Crippen LogP contribution in [0.5, 0.6) is 0 Å². The number of halogens is 2. The Morgan fingerprint density at radius 1 is 1.00 bits per heavy atom. The van der Waals surface area contributed by atoms with E-state index in [2.05, 4.69) is 15.2 Å². The molecule has 172 valence electrons. The second-order valence-corrected chi connectivity index (χ2v) is 9.72. The highest BCUT2D eigenvalue weighted by molar-refractivity contribution is 7.90. The van der Waals surface area contributed by atoms with Crippen LogP contribution in [0.4, 0.5) is 14.5 Å². The van der Waals surface area contributed by atoms with E-state index in [0.717, 1.165) is 11.8 Å². The highest BCUT2D eigenvalue weighted by atomic mass is 32.2. The number of alkyl halides is 2. The van der Waals surface area contributed by atoms with Gasteiger partial charge in [0, 0.05) is 40.9 Å². The Morgan fingerprint density at radius 3 is 2.53 bits per heavy atom. The van der Waals surface area contributed by atoms with Crippen molar-refractivity contribution in [2.75, 3.05) is 11.2 Å². The van der Waals surface area contributed by atoms with Crippen molar-refractivity contribution in [1.82, 2.24) is 15.2 Å². The molecule has 0 saturated heterocycles. The average Bonchev–Trinajstić information content (AvgIpc) is 3.44. The van der Waals surface area contributed by atoms with Crippen LogP contribution in [0.15, 0.2) is 70.2 Å². The summed E-state index contributed by atoms with van der Waals surface area (Å²) in [5.74, 6) is -1.19. The number of pyridine rings is 1. The number of hydrogen-bond donors (Lipinski definition) is 0. The Hall–Kier alpha value is -3.99. The quantitative estimate of drug-likeness (QED) is 0.417. The third-order valence-corrected chi connectivity index (χ3v) is 6.51. The summed E-state index contributed by atoms with van der Waals surface area (Å²) in [7, 11) is -3.46. The van der Waals surface area contributed by atoms with Gasteiger partial charge in [0.05, 0.1) is 17.1 Å². The number of rotatable bonds is 5. The molecule has 0 radical (unpaired) electrons. The van der Waals surface area contributed by atoms with Gasteiger partial charge in [-0.05, 0) is 29.8 Å². The van der Waals surface area contributed by atoms with Gasteiger partial charge in [0.15, 0.2) is 9.84 Å². The maximum absolute atomic E-state index is 13.3. The van der Waals surface area contributed by atoms with Crippen LogP contribution in [0.3, 0.4) is 0 Å². The number of benzene rings is 2. The van der Waals surface area contributed by atoms with Crippen molar-refractivity contribution in [1.29, 1.82) is 0 Å². The van der Waals surface area contributed by atoms with Crippen molar-refractivity contribution in [3.8, 4) is 22.6 Å². The number of carbonyl (C=O) groups excluding carboxylic acids is 1. The zero-order chi connectivity index (χ0) is 24.0. The van der Waals surface area contributed by atoms with Gasteiger partial charge in [0.2, 0.25) is 5.89 Å². The number of aromatic nitrogens is 3. The smallest absolute Gasteiger partial charge is 0.314 e. The Balaban J connectivity index is 1.52.